The second-order valence-corrected chi connectivity index (χ2v) is 11.3. The van der Waals surface area contributed by atoms with E-state index in [1.54, 1.807) is 27.7 Å². The summed E-state index contributed by atoms with van der Waals surface area (Å²) < 4.78 is 5.75. The minimum absolute atomic E-state index is 0.0988. The lowest BCUT2D eigenvalue weighted by Crippen LogP contribution is -2.60. The predicted octanol–water partition coefficient (Wildman–Crippen LogP) is 0.739. The van der Waals surface area contributed by atoms with Crippen LogP contribution in [0, 0.1) is 28.6 Å². The Hall–Kier alpha value is -0.730. The van der Waals surface area contributed by atoms with Crippen LogP contribution in [0.15, 0.2) is 0 Å². The molecule has 7 heteroatoms. The number of aliphatic hydroxyl groups is 5. The predicted molar refractivity (Wildman–Crippen MR) is 104 cm³/mol. The van der Waals surface area contributed by atoms with Crippen molar-refractivity contribution in [2.45, 2.75) is 102 Å². The normalized spacial score (nSPS) is 58.3. The number of rotatable bonds is 1. The first-order valence-corrected chi connectivity index (χ1v) is 10.8. The van der Waals surface area contributed by atoms with Gasteiger partial charge in [0.1, 0.15) is 11.7 Å². The van der Waals surface area contributed by atoms with Gasteiger partial charge in [-0.3, -0.25) is 4.79 Å². The summed E-state index contributed by atoms with van der Waals surface area (Å²) in [5.74, 6) is -1.86. The van der Waals surface area contributed by atoms with Gasteiger partial charge in [0.25, 0.3) is 0 Å². The van der Waals surface area contributed by atoms with Crippen LogP contribution in [0.3, 0.4) is 0 Å². The van der Waals surface area contributed by atoms with Crippen molar-refractivity contribution in [1.82, 2.24) is 0 Å². The number of hydrogen-bond acceptors (Lipinski definition) is 7. The zero-order valence-corrected chi connectivity index (χ0v) is 18.1. The molecular formula is C22H36O7. The Kier molecular flexibility index (Phi) is 4.41. The standard InChI is InChI=1S/C22H36O7/c1-11(23)29-17-12-6-7-13-20(5,27)14-8-15(24)18(2,3)22(14,28)16(25)9-21(13,17)10-19(12,4)26/h12-17,24-28H,6-10H2,1-5H3. The van der Waals surface area contributed by atoms with Crippen LogP contribution in [0.5, 0.6) is 0 Å². The number of fused-ring (bicyclic) bond motifs is 2. The monoisotopic (exact) mass is 412 g/mol. The van der Waals surface area contributed by atoms with E-state index < -0.39 is 57.8 Å². The molecule has 166 valence electrons. The summed E-state index contributed by atoms with van der Waals surface area (Å²) in [6, 6.07) is 0. The zero-order valence-electron chi connectivity index (χ0n) is 18.1. The van der Waals surface area contributed by atoms with Crippen molar-refractivity contribution < 1.29 is 35.1 Å². The van der Waals surface area contributed by atoms with Crippen LogP contribution in [-0.4, -0.2) is 66.6 Å². The summed E-state index contributed by atoms with van der Waals surface area (Å²) in [6.45, 7) is 8.20. The first-order chi connectivity index (χ1) is 13.1. The molecule has 2 bridgehead atoms. The summed E-state index contributed by atoms with van der Waals surface area (Å²) in [6.07, 6.45) is -0.985. The summed E-state index contributed by atoms with van der Waals surface area (Å²) in [5.41, 5.74) is -6.08. The molecule has 4 fully saturated rings. The van der Waals surface area contributed by atoms with E-state index in [9.17, 15) is 30.3 Å². The lowest BCUT2D eigenvalue weighted by molar-refractivity contribution is -0.202. The van der Waals surface area contributed by atoms with Gasteiger partial charge in [-0.2, -0.15) is 0 Å². The number of esters is 1. The summed E-state index contributed by atoms with van der Waals surface area (Å²) in [4.78, 5) is 11.9. The Labute approximate surface area is 172 Å². The number of aliphatic hydroxyl groups excluding tert-OH is 2. The Morgan fingerprint density at radius 2 is 1.59 bits per heavy atom. The molecule has 4 aliphatic rings. The van der Waals surface area contributed by atoms with E-state index in [1.807, 2.05) is 0 Å². The van der Waals surface area contributed by atoms with Gasteiger partial charge in [0.2, 0.25) is 0 Å². The van der Waals surface area contributed by atoms with E-state index in [-0.39, 0.29) is 31.1 Å². The van der Waals surface area contributed by atoms with Gasteiger partial charge in [0, 0.05) is 29.6 Å². The number of carbonyl (C=O) groups is 1. The van der Waals surface area contributed by atoms with E-state index in [2.05, 4.69) is 0 Å². The molecule has 29 heavy (non-hydrogen) atoms. The van der Waals surface area contributed by atoms with E-state index >= 15 is 0 Å². The highest BCUT2D eigenvalue weighted by atomic mass is 16.5. The molecule has 4 saturated carbocycles. The van der Waals surface area contributed by atoms with Gasteiger partial charge in [-0.25, -0.2) is 0 Å². The van der Waals surface area contributed by atoms with Crippen molar-refractivity contribution >= 4 is 5.97 Å². The fourth-order valence-corrected chi connectivity index (χ4v) is 8.14. The van der Waals surface area contributed by atoms with Crippen LogP contribution in [0.1, 0.15) is 66.7 Å². The first kappa shape index (κ1) is 21.5. The van der Waals surface area contributed by atoms with Gasteiger partial charge < -0.3 is 30.3 Å². The van der Waals surface area contributed by atoms with Crippen molar-refractivity contribution in [3.8, 4) is 0 Å². The Morgan fingerprint density at radius 3 is 2.17 bits per heavy atom. The molecule has 0 heterocycles. The molecule has 4 aliphatic carbocycles. The van der Waals surface area contributed by atoms with Crippen LogP contribution in [0.2, 0.25) is 0 Å². The molecule has 4 rings (SSSR count). The van der Waals surface area contributed by atoms with E-state index in [1.165, 1.54) is 6.92 Å². The third kappa shape index (κ3) is 2.45. The molecule has 0 aliphatic heterocycles. The van der Waals surface area contributed by atoms with Gasteiger partial charge in [-0.15, -0.1) is 0 Å². The van der Waals surface area contributed by atoms with Crippen molar-refractivity contribution in [2.24, 2.45) is 28.6 Å². The minimum Gasteiger partial charge on any atom is -0.462 e. The third-order valence-corrected chi connectivity index (χ3v) is 9.52. The summed E-state index contributed by atoms with van der Waals surface area (Å²) in [5, 5.41) is 57.0. The molecule has 0 saturated heterocycles. The van der Waals surface area contributed by atoms with Crippen molar-refractivity contribution in [1.29, 1.82) is 0 Å². The van der Waals surface area contributed by atoms with Gasteiger partial charge in [0.05, 0.1) is 23.4 Å². The molecule has 10 atom stereocenters. The molecule has 10 unspecified atom stereocenters. The average Bonchev–Trinajstić information content (AvgIpc) is 2.80. The molecular weight excluding hydrogens is 376 g/mol. The van der Waals surface area contributed by atoms with Crippen LogP contribution >= 0.6 is 0 Å². The van der Waals surface area contributed by atoms with Crippen molar-refractivity contribution in [2.75, 3.05) is 0 Å². The van der Waals surface area contributed by atoms with E-state index in [4.69, 9.17) is 4.74 Å². The van der Waals surface area contributed by atoms with Crippen LogP contribution in [0.25, 0.3) is 0 Å². The van der Waals surface area contributed by atoms with E-state index in [0.717, 1.165) is 0 Å². The molecule has 7 nitrogen and oxygen atoms in total. The summed E-state index contributed by atoms with van der Waals surface area (Å²) >= 11 is 0. The molecule has 0 aromatic rings. The van der Waals surface area contributed by atoms with E-state index in [0.29, 0.717) is 12.8 Å². The number of hydrogen-bond donors (Lipinski definition) is 5. The topological polar surface area (TPSA) is 127 Å². The lowest BCUT2D eigenvalue weighted by Gasteiger charge is -2.51. The average molecular weight is 413 g/mol. The third-order valence-electron chi connectivity index (χ3n) is 9.52. The molecule has 0 amide bonds. The second-order valence-electron chi connectivity index (χ2n) is 11.3. The molecule has 0 radical (unpaired) electrons. The van der Waals surface area contributed by atoms with Gasteiger partial charge in [0.15, 0.2) is 0 Å². The fraction of sp³-hybridized carbons (Fsp3) is 0.955. The fourth-order valence-electron chi connectivity index (χ4n) is 8.14. The maximum Gasteiger partial charge on any atom is 0.302 e. The van der Waals surface area contributed by atoms with Crippen molar-refractivity contribution in [3.63, 3.8) is 0 Å². The highest BCUT2D eigenvalue weighted by Crippen LogP contribution is 2.70. The van der Waals surface area contributed by atoms with Crippen LogP contribution in [0.4, 0.5) is 0 Å². The molecule has 0 aromatic carbocycles. The minimum atomic E-state index is -1.70. The number of carbonyl (C=O) groups excluding carboxylic acids is 1. The Balaban J connectivity index is 1.90. The van der Waals surface area contributed by atoms with Gasteiger partial charge in [-0.05, 0) is 51.9 Å². The largest absolute Gasteiger partial charge is 0.462 e. The second kappa shape index (κ2) is 5.94. The summed E-state index contributed by atoms with van der Waals surface area (Å²) in [7, 11) is 0. The molecule has 5 N–H and O–H groups in total. The van der Waals surface area contributed by atoms with Gasteiger partial charge >= 0.3 is 5.97 Å². The van der Waals surface area contributed by atoms with Crippen molar-refractivity contribution in [3.05, 3.63) is 0 Å². The Bertz CT molecular complexity index is 716. The maximum atomic E-state index is 11.9. The Morgan fingerprint density at radius 1 is 0.966 bits per heavy atom. The van der Waals surface area contributed by atoms with Crippen LogP contribution in [-0.2, 0) is 9.53 Å². The SMILES string of the molecule is CC(=O)OC1C2CCC3C(C)(O)C4CC(O)C(C)(C)C4(O)C(O)CC13CC2(C)O. The highest BCUT2D eigenvalue weighted by Gasteiger charge is 2.77. The quantitative estimate of drug-likeness (QED) is 0.402. The zero-order chi connectivity index (χ0) is 21.8. The maximum absolute atomic E-state index is 11.9. The smallest absolute Gasteiger partial charge is 0.302 e. The molecule has 0 aromatic heterocycles. The highest BCUT2D eigenvalue weighted by molar-refractivity contribution is 5.66. The molecule has 1 spiro atoms. The number of ether oxygens (including phenoxy) is 1. The van der Waals surface area contributed by atoms with Crippen LogP contribution < -0.4 is 0 Å². The first-order valence-electron chi connectivity index (χ1n) is 10.8. The van der Waals surface area contributed by atoms with Gasteiger partial charge in [-0.1, -0.05) is 13.8 Å². The lowest BCUT2D eigenvalue weighted by atomic mass is 9.57.